The van der Waals surface area contributed by atoms with Crippen molar-refractivity contribution < 1.29 is 4.79 Å². The number of hydrogen-bond acceptors (Lipinski definition) is 1. The summed E-state index contributed by atoms with van der Waals surface area (Å²) in [4.78, 5) is 11.4. The van der Waals surface area contributed by atoms with E-state index in [1.165, 1.54) is 6.08 Å². The van der Waals surface area contributed by atoms with Gasteiger partial charge >= 0.3 is 0 Å². The molecule has 0 spiro atoms. The summed E-state index contributed by atoms with van der Waals surface area (Å²) in [5.41, 5.74) is 1.23. The Morgan fingerprint density at radius 1 is 1.46 bits per heavy atom. The van der Waals surface area contributed by atoms with Gasteiger partial charge in [0.2, 0.25) is 0 Å². The van der Waals surface area contributed by atoms with Gasteiger partial charge in [-0.3, -0.25) is 4.79 Å². The average Bonchev–Trinajstić information content (AvgIpc) is 2.18. The molecular formula is C12H10O. The Labute approximate surface area is 78.1 Å². The van der Waals surface area contributed by atoms with E-state index in [0.29, 0.717) is 11.1 Å². The molecule has 0 aliphatic rings. The smallest absolute Gasteiger partial charge is 0.186 e. The van der Waals surface area contributed by atoms with Crippen LogP contribution in [0, 0.1) is 12.3 Å². The van der Waals surface area contributed by atoms with Crippen LogP contribution >= 0.6 is 0 Å². The standard InChI is InChI=1S/C12H10O/c1-3-7-12(13)11-9-6-5-8-10(11)4-2/h2-3,5-9H,1H3/b7-3+. The third-order valence-corrected chi connectivity index (χ3v) is 1.67. The number of carbonyl (C=O) groups is 1. The Morgan fingerprint density at radius 3 is 2.77 bits per heavy atom. The largest absolute Gasteiger partial charge is 0.289 e. The van der Waals surface area contributed by atoms with Gasteiger partial charge in [0, 0.05) is 11.1 Å². The molecule has 0 saturated heterocycles. The Kier molecular flexibility index (Phi) is 3.05. The van der Waals surface area contributed by atoms with Gasteiger partial charge < -0.3 is 0 Å². The first kappa shape index (κ1) is 9.28. The molecule has 0 unspecified atom stereocenters. The van der Waals surface area contributed by atoms with Crippen LogP contribution in [0.4, 0.5) is 0 Å². The number of benzene rings is 1. The van der Waals surface area contributed by atoms with E-state index < -0.39 is 0 Å². The fourth-order valence-corrected chi connectivity index (χ4v) is 1.06. The Bertz CT molecular complexity index is 380. The molecule has 1 nitrogen and oxygen atoms in total. The number of terminal acetylenes is 1. The van der Waals surface area contributed by atoms with Crippen LogP contribution in [-0.2, 0) is 0 Å². The Hall–Kier alpha value is -1.81. The van der Waals surface area contributed by atoms with Gasteiger partial charge in [0.15, 0.2) is 5.78 Å². The van der Waals surface area contributed by atoms with Gasteiger partial charge in [-0.05, 0) is 25.1 Å². The summed E-state index contributed by atoms with van der Waals surface area (Å²) in [7, 11) is 0. The Balaban J connectivity index is 3.15. The summed E-state index contributed by atoms with van der Waals surface area (Å²) in [5.74, 6) is 2.43. The van der Waals surface area contributed by atoms with Crippen LogP contribution in [0.25, 0.3) is 0 Å². The maximum atomic E-state index is 11.4. The summed E-state index contributed by atoms with van der Waals surface area (Å²) < 4.78 is 0. The van der Waals surface area contributed by atoms with Crippen molar-refractivity contribution in [3.8, 4) is 12.3 Å². The van der Waals surface area contributed by atoms with Gasteiger partial charge in [-0.1, -0.05) is 24.1 Å². The molecule has 0 radical (unpaired) electrons. The van der Waals surface area contributed by atoms with Crippen LogP contribution in [0.2, 0.25) is 0 Å². The normalized spacial score (nSPS) is 9.85. The van der Waals surface area contributed by atoms with Crippen molar-refractivity contribution >= 4 is 5.78 Å². The van der Waals surface area contributed by atoms with Crippen molar-refractivity contribution in [1.82, 2.24) is 0 Å². The van der Waals surface area contributed by atoms with Gasteiger partial charge in [-0.25, -0.2) is 0 Å². The molecule has 0 aliphatic carbocycles. The van der Waals surface area contributed by atoms with Crippen LogP contribution in [0.1, 0.15) is 22.8 Å². The van der Waals surface area contributed by atoms with Crippen molar-refractivity contribution in [3.05, 3.63) is 47.5 Å². The molecule has 0 bridgehead atoms. The molecule has 0 aromatic heterocycles. The van der Waals surface area contributed by atoms with Gasteiger partial charge in [0.05, 0.1) is 0 Å². The van der Waals surface area contributed by atoms with E-state index in [1.807, 2.05) is 6.07 Å². The van der Waals surface area contributed by atoms with Gasteiger partial charge in [-0.15, -0.1) is 6.42 Å². The number of allylic oxidation sites excluding steroid dienone is 2. The summed E-state index contributed by atoms with van der Waals surface area (Å²) in [6.07, 6.45) is 8.47. The molecule has 1 rings (SSSR count). The number of ketones is 1. The monoisotopic (exact) mass is 170 g/mol. The molecule has 0 fully saturated rings. The first-order valence-electron chi connectivity index (χ1n) is 4.02. The second-order valence-electron chi connectivity index (χ2n) is 2.55. The number of hydrogen-bond donors (Lipinski definition) is 0. The third-order valence-electron chi connectivity index (χ3n) is 1.67. The van der Waals surface area contributed by atoms with Crippen molar-refractivity contribution in [2.45, 2.75) is 6.92 Å². The van der Waals surface area contributed by atoms with Gasteiger partial charge in [0.25, 0.3) is 0 Å². The summed E-state index contributed by atoms with van der Waals surface area (Å²) in [5, 5.41) is 0. The molecular weight excluding hydrogens is 160 g/mol. The lowest BCUT2D eigenvalue weighted by Crippen LogP contribution is -1.97. The fraction of sp³-hybridized carbons (Fsp3) is 0.0833. The minimum atomic E-state index is -0.0453. The predicted octanol–water partition coefficient (Wildman–Crippen LogP) is 2.43. The van der Waals surface area contributed by atoms with Crippen LogP contribution in [0.5, 0.6) is 0 Å². The van der Waals surface area contributed by atoms with Gasteiger partial charge in [-0.2, -0.15) is 0 Å². The van der Waals surface area contributed by atoms with Crippen molar-refractivity contribution in [3.63, 3.8) is 0 Å². The SMILES string of the molecule is C#Cc1ccccc1C(=O)/C=C/C. The van der Waals surface area contributed by atoms with Crippen molar-refractivity contribution in [2.75, 3.05) is 0 Å². The summed E-state index contributed by atoms with van der Waals surface area (Å²) >= 11 is 0. The highest BCUT2D eigenvalue weighted by atomic mass is 16.1. The first-order valence-corrected chi connectivity index (χ1v) is 4.02. The topological polar surface area (TPSA) is 17.1 Å². The minimum absolute atomic E-state index is 0.0453. The van der Waals surface area contributed by atoms with E-state index >= 15 is 0 Å². The molecule has 0 atom stereocenters. The lowest BCUT2D eigenvalue weighted by molar-refractivity contribution is 0.104. The zero-order chi connectivity index (χ0) is 9.68. The molecule has 0 saturated carbocycles. The van der Waals surface area contributed by atoms with Crippen LogP contribution in [-0.4, -0.2) is 5.78 Å². The van der Waals surface area contributed by atoms with Gasteiger partial charge in [0.1, 0.15) is 0 Å². The highest BCUT2D eigenvalue weighted by Gasteiger charge is 2.04. The molecule has 1 aromatic carbocycles. The number of rotatable bonds is 2. The van der Waals surface area contributed by atoms with Crippen molar-refractivity contribution in [1.29, 1.82) is 0 Å². The third kappa shape index (κ3) is 2.07. The number of carbonyl (C=O) groups excluding carboxylic acids is 1. The highest BCUT2D eigenvalue weighted by Crippen LogP contribution is 2.08. The van der Waals surface area contributed by atoms with E-state index in [0.717, 1.165) is 0 Å². The summed E-state index contributed by atoms with van der Waals surface area (Å²) in [6, 6.07) is 7.12. The van der Waals surface area contributed by atoms with E-state index in [2.05, 4.69) is 5.92 Å². The average molecular weight is 170 g/mol. The van der Waals surface area contributed by atoms with E-state index in [-0.39, 0.29) is 5.78 Å². The molecule has 1 heteroatoms. The van der Waals surface area contributed by atoms with Crippen molar-refractivity contribution in [2.24, 2.45) is 0 Å². The maximum absolute atomic E-state index is 11.4. The second kappa shape index (κ2) is 4.27. The summed E-state index contributed by atoms with van der Waals surface area (Å²) in [6.45, 7) is 1.80. The maximum Gasteiger partial charge on any atom is 0.186 e. The predicted molar refractivity (Wildman–Crippen MR) is 53.5 cm³/mol. The molecule has 0 heterocycles. The second-order valence-corrected chi connectivity index (χ2v) is 2.55. The highest BCUT2D eigenvalue weighted by molar-refractivity contribution is 6.06. The zero-order valence-electron chi connectivity index (χ0n) is 7.45. The van der Waals surface area contributed by atoms with E-state index in [1.54, 1.807) is 31.2 Å². The molecule has 13 heavy (non-hydrogen) atoms. The first-order chi connectivity index (χ1) is 6.29. The van der Waals surface area contributed by atoms with Crippen LogP contribution in [0.15, 0.2) is 36.4 Å². The molecule has 0 N–H and O–H groups in total. The van der Waals surface area contributed by atoms with E-state index in [4.69, 9.17) is 6.42 Å². The molecule has 0 aliphatic heterocycles. The lowest BCUT2D eigenvalue weighted by Gasteiger charge is -1.98. The fourth-order valence-electron chi connectivity index (χ4n) is 1.06. The Morgan fingerprint density at radius 2 is 2.15 bits per heavy atom. The lowest BCUT2D eigenvalue weighted by atomic mass is 10.0. The van der Waals surface area contributed by atoms with E-state index in [9.17, 15) is 4.79 Å². The van der Waals surface area contributed by atoms with Crippen LogP contribution < -0.4 is 0 Å². The molecule has 0 amide bonds. The zero-order valence-corrected chi connectivity index (χ0v) is 7.45. The quantitative estimate of drug-likeness (QED) is 0.378. The van der Waals surface area contributed by atoms with Crippen LogP contribution in [0.3, 0.4) is 0 Å². The molecule has 1 aromatic rings. The minimum Gasteiger partial charge on any atom is -0.289 e. The molecule has 64 valence electrons.